The third-order valence-electron chi connectivity index (χ3n) is 2.37. The van der Waals surface area contributed by atoms with Crippen LogP contribution in [0.3, 0.4) is 0 Å². The van der Waals surface area contributed by atoms with Crippen molar-refractivity contribution in [2.24, 2.45) is 0 Å². The average Bonchev–Trinajstić information content (AvgIpc) is 2.76. The minimum absolute atomic E-state index is 0.767. The molecule has 4 heteroatoms. The number of aromatic nitrogens is 2. The molecular formula is C12H15N3S. The molecule has 0 amide bonds. The zero-order valence-corrected chi connectivity index (χ0v) is 10.3. The van der Waals surface area contributed by atoms with Gasteiger partial charge in [-0.05, 0) is 25.5 Å². The maximum atomic E-state index is 4.51. The van der Waals surface area contributed by atoms with E-state index in [2.05, 4.69) is 27.6 Å². The lowest BCUT2D eigenvalue weighted by Crippen LogP contribution is -2.02. The molecule has 0 radical (unpaired) electrons. The summed E-state index contributed by atoms with van der Waals surface area (Å²) in [5.41, 5.74) is 3.20. The first kappa shape index (κ1) is 11.1. The fraction of sp³-hybridized carbons (Fsp3) is 0.333. The number of nitrogens with one attached hydrogen (secondary N) is 1. The number of hydrogen-bond acceptors (Lipinski definition) is 4. The summed E-state index contributed by atoms with van der Waals surface area (Å²) < 4.78 is 0. The smallest absolute Gasteiger partial charge is 0.0926 e. The van der Waals surface area contributed by atoms with E-state index in [9.17, 15) is 0 Å². The van der Waals surface area contributed by atoms with Crippen molar-refractivity contribution in [3.05, 3.63) is 40.1 Å². The van der Waals surface area contributed by atoms with E-state index in [4.69, 9.17) is 0 Å². The van der Waals surface area contributed by atoms with Crippen LogP contribution in [0, 0.1) is 6.92 Å². The van der Waals surface area contributed by atoms with Gasteiger partial charge in [-0.3, -0.25) is 4.98 Å². The van der Waals surface area contributed by atoms with Gasteiger partial charge in [-0.15, -0.1) is 11.3 Å². The molecule has 2 aromatic rings. The van der Waals surface area contributed by atoms with Crippen LogP contribution in [-0.2, 0) is 13.0 Å². The molecule has 2 rings (SSSR count). The second kappa shape index (κ2) is 5.07. The lowest BCUT2D eigenvalue weighted by Gasteiger charge is -2.06. The molecule has 3 nitrogen and oxygen atoms in total. The van der Waals surface area contributed by atoms with E-state index in [-0.39, 0.29) is 0 Å². The first-order valence-electron chi connectivity index (χ1n) is 5.38. The SMILES string of the molecule is CCc1nc(CNc2cccnc2C)cs1. The summed E-state index contributed by atoms with van der Waals surface area (Å²) in [5, 5.41) is 6.65. The monoisotopic (exact) mass is 233 g/mol. The van der Waals surface area contributed by atoms with E-state index in [1.165, 1.54) is 5.01 Å². The molecule has 0 aliphatic rings. The normalized spacial score (nSPS) is 10.4. The zero-order valence-electron chi connectivity index (χ0n) is 9.53. The van der Waals surface area contributed by atoms with Crippen molar-refractivity contribution in [3.8, 4) is 0 Å². The van der Waals surface area contributed by atoms with Crippen molar-refractivity contribution in [2.75, 3.05) is 5.32 Å². The van der Waals surface area contributed by atoms with Crippen molar-refractivity contribution < 1.29 is 0 Å². The van der Waals surface area contributed by atoms with Gasteiger partial charge >= 0.3 is 0 Å². The fourth-order valence-corrected chi connectivity index (χ4v) is 2.19. The third-order valence-corrected chi connectivity index (χ3v) is 3.41. The Morgan fingerprint density at radius 1 is 1.44 bits per heavy atom. The predicted molar refractivity (Wildman–Crippen MR) is 67.8 cm³/mol. The zero-order chi connectivity index (χ0) is 11.4. The van der Waals surface area contributed by atoms with Gasteiger partial charge in [-0.25, -0.2) is 4.98 Å². The van der Waals surface area contributed by atoms with Crippen LogP contribution in [0.15, 0.2) is 23.7 Å². The van der Waals surface area contributed by atoms with Gasteiger partial charge in [-0.1, -0.05) is 6.92 Å². The van der Waals surface area contributed by atoms with Crippen molar-refractivity contribution in [2.45, 2.75) is 26.8 Å². The minimum atomic E-state index is 0.767. The van der Waals surface area contributed by atoms with Gasteiger partial charge in [0, 0.05) is 11.6 Å². The molecule has 0 spiro atoms. The molecule has 0 aliphatic heterocycles. The van der Waals surface area contributed by atoms with Crippen LogP contribution in [0.1, 0.15) is 23.3 Å². The van der Waals surface area contributed by atoms with Crippen molar-refractivity contribution in [1.29, 1.82) is 0 Å². The molecule has 0 aliphatic carbocycles. The summed E-state index contributed by atoms with van der Waals surface area (Å²) >= 11 is 1.72. The van der Waals surface area contributed by atoms with Crippen LogP contribution in [0.4, 0.5) is 5.69 Å². The Hall–Kier alpha value is -1.42. The van der Waals surface area contributed by atoms with E-state index >= 15 is 0 Å². The van der Waals surface area contributed by atoms with Crippen LogP contribution in [-0.4, -0.2) is 9.97 Å². The van der Waals surface area contributed by atoms with Crippen LogP contribution in [0.2, 0.25) is 0 Å². The predicted octanol–water partition coefficient (Wildman–Crippen LogP) is 3.02. The Morgan fingerprint density at radius 3 is 3.00 bits per heavy atom. The highest BCUT2D eigenvalue weighted by molar-refractivity contribution is 7.09. The standard InChI is InChI=1S/C12H15N3S/c1-3-12-15-10(8-16-12)7-14-11-5-4-6-13-9(11)2/h4-6,8,14H,3,7H2,1-2H3. The number of thiazole rings is 1. The summed E-state index contributed by atoms with van der Waals surface area (Å²) in [6.45, 7) is 4.89. The highest BCUT2D eigenvalue weighted by atomic mass is 32.1. The highest BCUT2D eigenvalue weighted by Crippen LogP contribution is 2.14. The molecule has 16 heavy (non-hydrogen) atoms. The van der Waals surface area contributed by atoms with Gasteiger partial charge in [0.25, 0.3) is 0 Å². The second-order valence-corrected chi connectivity index (χ2v) is 4.52. The molecule has 0 fully saturated rings. The third kappa shape index (κ3) is 2.58. The fourth-order valence-electron chi connectivity index (χ4n) is 1.45. The Bertz CT molecular complexity index is 465. The number of pyridine rings is 1. The van der Waals surface area contributed by atoms with Crippen LogP contribution >= 0.6 is 11.3 Å². The summed E-state index contributed by atoms with van der Waals surface area (Å²) in [7, 11) is 0. The minimum Gasteiger partial charge on any atom is -0.378 e. The Balaban J connectivity index is 1.99. The lowest BCUT2D eigenvalue weighted by molar-refractivity contribution is 1.00. The number of hydrogen-bond donors (Lipinski definition) is 1. The van der Waals surface area contributed by atoms with E-state index < -0.39 is 0 Å². The molecule has 0 bridgehead atoms. The first-order valence-corrected chi connectivity index (χ1v) is 6.26. The van der Waals surface area contributed by atoms with Gasteiger partial charge in [0.15, 0.2) is 0 Å². The largest absolute Gasteiger partial charge is 0.378 e. The molecule has 2 heterocycles. The Morgan fingerprint density at radius 2 is 2.31 bits per heavy atom. The molecule has 1 N–H and O–H groups in total. The number of nitrogens with zero attached hydrogens (tertiary/aromatic N) is 2. The van der Waals surface area contributed by atoms with E-state index in [0.29, 0.717) is 0 Å². The first-order chi connectivity index (χ1) is 7.79. The van der Waals surface area contributed by atoms with Crippen LogP contribution in [0.5, 0.6) is 0 Å². The molecule has 0 aromatic carbocycles. The maximum Gasteiger partial charge on any atom is 0.0926 e. The number of anilines is 1. The van der Waals surface area contributed by atoms with Gasteiger partial charge in [0.05, 0.1) is 28.6 Å². The summed E-state index contributed by atoms with van der Waals surface area (Å²) in [6.07, 6.45) is 2.81. The van der Waals surface area contributed by atoms with E-state index in [1.807, 2.05) is 19.1 Å². The average molecular weight is 233 g/mol. The van der Waals surface area contributed by atoms with Crippen molar-refractivity contribution in [1.82, 2.24) is 9.97 Å². The second-order valence-electron chi connectivity index (χ2n) is 3.58. The van der Waals surface area contributed by atoms with E-state index in [0.717, 1.165) is 30.0 Å². The maximum absolute atomic E-state index is 4.51. The molecular weight excluding hydrogens is 218 g/mol. The van der Waals surface area contributed by atoms with Gasteiger partial charge in [0.2, 0.25) is 0 Å². The van der Waals surface area contributed by atoms with Gasteiger partial charge in [0.1, 0.15) is 0 Å². The van der Waals surface area contributed by atoms with Gasteiger partial charge in [-0.2, -0.15) is 0 Å². The number of aryl methyl sites for hydroxylation is 2. The van der Waals surface area contributed by atoms with Crippen LogP contribution < -0.4 is 5.32 Å². The quantitative estimate of drug-likeness (QED) is 0.882. The topological polar surface area (TPSA) is 37.8 Å². The van der Waals surface area contributed by atoms with Gasteiger partial charge < -0.3 is 5.32 Å². The number of rotatable bonds is 4. The summed E-state index contributed by atoms with van der Waals surface area (Å²) in [5.74, 6) is 0. The molecule has 0 atom stereocenters. The molecule has 84 valence electrons. The summed E-state index contributed by atoms with van der Waals surface area (Å²) in [6, 6.07) is 3.98. The molecule has 0 saturated heterocycles. The van der Waals surface area contributed by atoms with E-state index in [1.54, 1.807) is 17.5 Å². The molecule has 0 unspecified atom stereocenters. The highest BCUT2D eigenvalue weighted by Gasteiger charge is 2.01. The van der Waals surface area contributed by atoms with Crippen molar-refractivity contribution in [3.63, 3.8) is 0 Å². The Kier molecular flexibility index (Phi) is 3.51. The lowest BCUT2D eigenvalue weighted by atomic mass is 10.3. The van der Waals surface area contributed by atoms with Crippen LogP contribution in [0.25, 0.3) is 0 Å². The summed E-state index contributed by atoms with van der Waals surface area (Å²) in [4.78, 5) is 8.74. The molecule has 2 aromatic heterocycles. The van der Waals surface area contributed by atoms with Crippen molar-refractivity contribution >= 4 is 17.0 Å². The molecule has 0 saturated carbocycles. The Labute approximate surface area is 99.6 Å².